The Morgan fingerprint density at radius 1 is 0.787 bits per heavy atom. The Hall–Kier alpha value is -6.05. The first-order chi connectivity index (χ1) is 29.5. The van der Waals surface area contributed by atoms with E-state index in [2.05, 4.69) is 34.2 Å². The van der Waals surface area contributed by atoms with Gasteiger partial charge in [-0.3, -0.25) is 39.2 Å². The van der Waals surface area contributed by atoms with Gasteiger partial charge in [0.25, 0.3) is 11.8 Å². The Labute approximate surface area is 354 Å². The summed E-state index contributed by atoms with van der Waals surface area (Å²) in [6.45, 7) is 7.99. The fourth-order valence-corrected chi connectivity index (χ4v) is 10.0. The predicted molar refractivity (Wildman–Crippen MR) is 228 cm³/mol. The number of carbonyl (C=O) groups is 4. The van der Waals surface area contributed by atoms with Gasteiger partial charge in [-0.2, -0.15) is 0 Å². The van der Waals surface area contributed by atoms with Crippen LogP contribution >= 0.6 is 0 Å². The lowest BCUT2D eigenvalue weighted by Gasteiger charge is -2.39. The number of halogens is 1. The minimum Gasteiger partial charge on any atom is -0.508 e. The average molecular weight is 828 g/mol. The van der Waals surface area contributed by atoms with Gasteiger partial charge in [0.1, 0.15) is 35.7 Å². The largest absolute Gasteiger partial charge is 0.508 e. The van der Waals surface area contributed by atoms with Crippen molar-refractivity contribution in [2.75, 3.05) is 50.8 Å². The number of hydrogen-bond donors (Lipinski definition) is 3. The molecule has 61 heavy (non-hydrogen) atoms. The summed E-state index contributed by atoms with van der Waals surface area (Å²) in [6.07, 6.45) is 3.95. The van der Waals surface area contributed by atoms with Crippen molar-refractivity contribution in [1.29, 1.82) is 0 Å². The summed E-state index contributed by atoms with van der Waals surface area (Å²) in [5, 5.41) is 22.1. The van der Waals surface area contributed by atoms with Gasteiger partial charge in [0.05, 0.1) is 16.8 Å². The van der Waals surface area contributed by atoms with Gasteiger partial charge in [0.2, 0.25) is 11.8 Å². The number of phenols is 2. The number of piperazine rings is 1. The van der Waals surface area contributed by atoms with E-state index in [9.17, 15) is 29.4 Å². The summed E-state index contributed by atoms with van der Waals surface area (Å²) in [4.78, 5) is 58.6. The van der Waals surface area contributed by atoms with E-state index in [1.807, 2.05) is 41.3 Å². The standard InChI is InChI=1S/C48H50FN5O7/c1-2-38(30-3-9-35(55)10-4-30)45(31-5-11-36(56)12-6-31)32-7-13-37(14-8-32)61-22-21-51-19-17-29(18-20-51)26-52-27-34-23-33(52)28-53(34)43-25-40-39(24-41(43)49)47(59)54(48(40)60)42-15-16-44(57)50-46(42)58/h3-14,24-25,29,33-34,42,55-56H,2,15-23,26-28H2,1H3,(H,50,57,58). The Kier molecular flexibility index (Phi) is 11.1. The number of rotatable bonds is 12. The van der Waals surface area contributed by atoms with E-state index >= 15 is 4.39 Å². The normalized spacial score (nSPS) is 22.5. The molecule has 9 rings (SSSR count). The van der Waals surface area contributed by atoms with Crippen LogP contribution in [0.2, 0.25) is 0 Å². The lowest BCUT2D eigenvalue weighted by Crippen LogP contribution is -2.54. The minimum absolute atomic E-state index is 0.0250. The van der Waals surface area contributed by atoms with Crippen molar-refractivity contribution >= 4 is 40.5 Å². The van der Waals surface area contributed by atoms with Crippen LogP contribution in [-0.4, -0.2) is 113 Å². The zero-order chi connectivity index (χ0) is 42.4. The number of amides is 4. The molecule has 3 atom stereocenters. The van der Waals surface area contributed by atoms with Crippen LogP contribution in [0.15, 0.2) is 84.9 Å². The van der Waals surface area contributed by atoms with Crippen LogP contribution in [0, 0.1) is 11.7 Å². The number of imide groups is 2. The van der Waals surface area contributed by atoms with E-state index in [4.69, 9.17) is 4.74 Å². The highest BCUT2D eigenvalue weighted by Gasteiger charge is 2.48. The Morgan fingerprint density at radius 2 is 1.41 bits per heavy atom. The highest BCUT2D eigenvalue weighted by molar-refractivity contribution is 6.23. The van der Waals surface area contributed by atoms with Crippen LogP contribution in [0.25, 0.3) is 11.1 Å². The third-order valence-corrected chi connectivity index (χ3v) is 13.2. The third-order valence-electron chi connectivity index (χ3n) is 13.2. The fourth-order valence-electron chi connectivity index (χ4n) is 10.0. The molecule has 12 nitrogen and oxygen atoms in total. The van der Waals surface area contributed by atoms with Gasteiger partial charge in [-0.05, 0) is 127 Å². The quantitative estimate of drug-likeness (QED) is 0.114. The number of nitrogens with zero attached hydrogens (tertiary/aromatic N) is 4. The van der Waals surface area contributed by atoms with Crippen molar-refractivity contribution < 1.29 is 38.5 Å². The van der Waals surface area contributed by atoms with Gasteiger partial charge in [0, 0.05) is 44.7 Å². The average Bonchev–Trinajstić information content (AvgIpc) is 3.92. The van der Waals surface area contributed by atoms with Crippen LogP contribution < -0.4 is 15.0 Å². The van der Waals surface area contributed by atoms with Crippen LogP contribution in [-0.2, 0) is 9.59 Å². The van der Waals surface area contributed by atoms with Gasteiger partial charge < -0.3 is 19.8 Å². The Balaban J connectivity index is 0.757. The third kappa shape index (κ3) is 7.99. The summed E-state index contributed by atoms with van der Waals surface area (Å²) < 4.78 is 21.9. The number of aromatic hydroxyl groups is 2. The number of allylic oxidation sites excluding steroid dienone is 1. The van der Waals surface area contributed by atoms with E-state index in [-0.39, 0.29) is 47.6 Å². The summed E-state index contributed by atoms with van der Waals surface area (Å²) in [7, 11) is 0. The SMILES string of the molecule is CCC(=C(c1ccc(O)cc1)c1ccc(OCCN2CCC(CN3CC4CC3CN4c3cc4c(cc3F)C(=O)N(C3CCC(=O)NC3=O)C4=O)CC2)cc1)c1ccc(O)cc1. The van der Waals surface area contributed by atoms with E-state index in [1.165, 1.54) is 6.07 Å². The van der Waals surface area contributed by atoms with Crippen molar-refractivity contribution in [2.45, 2.75) is 63.6 Å². The number of nitrogens with one attached hydrogen (secondary N) is 1. The second kappa shape index (κ2) is 16.8. The first-order valence-corrected chi connectivity index (χ1v) is 21.4. The maximum absolute atomic E-state index is 15.6. The molecule has 4 aromatic carbocycles. The smallest absolute Gasteiger partial charge is 0.262 e. The fraction of sp³-hybridized carbons (Fsp3) is 0.375. The Bertz CT molecular complexity index is 2380. The van der Waals surface area contributed by atoms with Gasteiger partial charge >= 0.3 is 0 Å². The number of hydrogen-bond acceptors (Lipinski definition) is 10. The number of ether oxygens (including phenoxy) is 1. The number of piperidine rings is 2. The molecule has 4 saturated heterocycles. The Morgan fingerprint density at radius 3 is 2.02 bits per heavy atom. The molecule has 13 heteroatoms. The minimum atomic E-state index is -1.09. The molecule has 0 aromatic heterocycles. The molecule has 316 valence electrons. The number of anilines is 1. The van der Waals surface area contributed by atoms with Crippen LogP contribution in [0.3, 0.4) is 0 Å². The first-order valence-electron chi connectivity index (χ1n) is 21.4. The molecule has 0 radical (unpaired) electrons. The van der Waals surface area contributed by atoms with Crippen LogP contribution in [0.1, 0.15) is 82.9 Å². The predicted octanol–water partition coefficient (Wildman–Crippen LogP) is 6.06. The zero-order valence-electron chi connectivity index (χ0n) is 34.2. The molecule has 5 aliphatic rings. The van der Waals surface area contributed by atoms with Crippen molar-refractivity contribution in [3.8, 4) is 17.2 Å². The summed E-state index contributed by atoms with van der Waals surface area (Å²) in [5.41, 5.74) is 5.62. The molecule has 2 bridgehead atoms. The number of phenolic OH excluding ortho intramolecular Hbond substituents is 2. The molecule has 5 heterocycles. The molecule has 0 spiro atoms. The molecule has 4 fully saturated rings. The number of fused-ring (bicyclic) bond motifs is 3. The maximum atomic E-state index is 15.6. The van der Waals surface area contributed by atoms with Crippen LogP contribution in [0.5, 0.6) is 17.2 Å². The monoisotopic (exact) mass is 827 g/mol. The number of benzene rings is 4. The second-order valence-electron chi connectivity index (χ2n) is 16.9. The maximum Gasteiger partial charge on any atom is 0.262 e. The van der Waals surface area contributed by atoms with E-state index < -0.39 is 35.5 Å². The van der Waals surface area contributed by atoms with Crippen molar-refractivity contribution in [2.24, 2.45) is 5.92 Å². The number of carbonyl (C=O) groups excluding carboxylic acids is 4. The first kappa shape index (κ1) is 40.4. The van der Waals surface area contributed by atoms with E-state index in [1.54, 1.807) is 24.3 Å². The highest BCUT2D eigenvalue weighted by Crippen LogP contribution is 2.40. The van der Waals surface area contributed by atoms with Gasteiger partial charge in [0.15, 0.2) is 0 Å². The second-order valence-corrected chi connectivity index (χ2v) is 16.9. The molecule has 4 aromatic rings. The lowest BCUT2D eigenvalue weighted by atomic mass is 9.88. The summed E-state index contributed by atoms with van der Waals surface area (Å²) in [6, 6.07) is 24.6. The van der Waals surface area contributed by atoms with E-state index in [0.29, 0.717) is 24.8 Å². The van der Waals surface area contributed by atoms with Crippen molar-refractivity contribution in [3.05, 3.63) is 119 Å². The van der Waals surface area contributed by atoms with E-state index in [0.717, 1.165) is 103 Å². The summed E-state index contributed by atoms with van der Waals surface area (Å²) in [5.74, 6) is -1.21. The van der Waals surface area contributed by atoms with Gasteiger partial charge in [-0.25, -0.2) is 4.39 Å². The molecular formula is C48H50FN5O7. The number of likely N-dealkylation sites (tertiary alicyclic amines) is 2. The molecule has 0 aliphatic carbocycles. The molecule has 0 saturated carbocycles. The molecule has 3 unspecified atom stereocenters. The van der Waals surface area contributed by atoms with Crippen LogP contribution in [0.4, 0.5) is 10.1 Å². The molecule has 4 amide bonds. The van der Waals surface area contributed by atoms with Gasteiger partial charge in [-0.1, -0.05) is 43.3 Å². The molecule has 5 aliphatic heterocycles. The van der Waals surface area contributed by atoms with Crippen molar-refractivity contribution in [1.82, 2.24) is 20.0 Å². The zero-order valence-corrected chi connectivity index (χ0v) is 34.2. The highest BCUT2D eigenvalue weighted by atomic mass is 19.1. The van der Waals surface area contributed by atoms with Gasteiger partial charge in [-0.15, -0.1) is 0 Å². The van der Waals surface area contributed by atoms with Crippen molar-refractivity contribution in [3.63, 3.8) is 0 Å². The summed E-state index contributed by atoms with van der Waals surface area (Å²) >= 11 is 0. The topological polar surface area (TPSA) is 143 Å². The molecule has 3 N–H and O–H groups in total. The molecular weight excluding hydrogens is 778 g/mol. The lowest BCUT2D eigenvalue weighted by molar-refractivity contribution is -0.136.